The van der Waals surface area contributed by atoms with Crippen molar-refractivity contribution in [2.75, 3.05) is 13.7 Å². The molecule has 0 saturated carbocycles. The van der Waals surface area contributed by atoms with E-state index < -0.39 is 58.5 Å². The van der Waals surface area contributed by atoms with Gasteiger partial charge in [-0.3, -0.25) is 15.4 Å². The fraction of sp³-hybridized carbons (Fsp3) is 0.545. The number of esters is 1. The fourth-order valence-corrected chi connectivity index (χ4v) is 5.73. The van der Waals surface area contributed by atoms with Gasteiger partial charge >= 0.3 is 12.1 Å². The summed E-state index contributed by atoms with van der Waals surface area (Å²) in [6.45, 7) is 6.74. The summed E-state index contributed by atoms with van der Waals surface area (Å²) in [6.07, 6.45) is -2.15. The SMILES string of the molecule is CCOC(=O)O[C@H](C)OC(=O)[C@@H]1N2C(=O)[C@@H](NC(=O)C(c3ccccc3)N(C)N)[C@H]2SC1(C)C. The van der Waals surface area contributed by atoms with E-state index >= 15 is 0 Å². The monoisotopic (exact) mass is 494 g/mol. The van der Waals surface area contributed by atoms with Gasteiger partial charge in [0.15, 0.2) is 0 Å². The molecule has 2 saturated heterocycles. The van der Waals surface area contributed by atoms with Crippen LogP contribution in [0, 0.1) is 0 Å². The van der Waals surface area contributed by atoms with E-state index in [1.807, 2.05) is 19.9 Å². The number of hydrogen-bond donors (Lipinski definition) is 2. The maximum Gasteiger partial charge on any atom is 0.511 e. The quantitative estimate of drug-likeness (QED) is 0.178. The smallest absolute Gasteiger partial charge is 0.435 e. The molecule has 2 amide bonds. The molecule has 12 heteroatoms. The fourth-order valence-electron chi connectivity index (χ4n) is 4.10. The van der Waals surface area contributed by atoms with Crippen LogP contribution in [0.4, 0.5) is 4.79 Å². The van der Waals surface area contributed by atoms with Gasteiger partial charge in [-0.15, -0.1) is 11.8 Å². The van der Waals surface area contributed by atoms with E-state index in [4.69, 9.17) is 15.3 Å². The molecule has 0 bridgehead atoms. The number of benzene rings is 1. The largest absolute Gasteiger partial charge is 0.511 e. The highest BCUT2D eigenvalue weighted by atomic mass is 32.2. The highest BCUT2D eigenvalue weighted by Gasteiger charge is 2.64. The van der Waals surface area contributed by atoms with E-state index in [-0.39, 0.29) is 6.61 Å². The van der Waals surface area contributed by atoms with Crippen LogP contribution in [0.2, 0.25) is 0 Å². The number of hydrazine groups is 1. The summed E-state index contributed by atoms with van der Waals surface area (Å²) in [7, 11) is 1.57. The molecule has 1 aromatic carbocycles. The molecule has 0 aliphatic carbocycles. The zero-order chi connectivity index (χ0) is 25.2. The molecule has 0 aromatic heterocycles. The number of nitrogens with one attached hydrogen (secondary N) is 1. The molecule has 11 nitrogen and oxygen atoms in total. The van der Waals surface area contributed by atoms with E-state index in [0.717, 1.165) is 0 Å². The molecule has 1 aromatic rings. The Hall–Kier alpha value is -2.83. The standard InChI is InChI=1S/C22H30N4O7S/c1-6-31-21(30)33-12(2)32-20(29)16-22(3,4)34-19-14(18(28)26(16)19)24-17(27)15(25(5)23)13-10-8-7-9-11-13/h7-12,14-16,19H,6,23H2,1-5H3,(H,24,27)/t12-,14-,15?,16+,19-/m1/s1. The number of hydrogen-bond acceptors (Lipinski definition) is 10. The third-order valence-electron chi connectivity index (χ3n) is 5.54. The topological polar surface area (TPSA) is 140 Å². The molecule has 34 heavy (non-hydrogen) atoms. The zero-order valence-corrected chi connectivity index (χ0v) is 20.5. The van der Waals surface area contributed by atoms with Gasteiger partial charge in [0.2, 0.25) is 18.1 Å². The van der Waals surface area contributed by atoms with Crippen LogP contribution in [0.3, 0.4) is 0 Å². The Morgan fingerprint density at radius 1 is 1.24 bits per heavy atom. The number of ether oxygens (including phenoxy) is 3. The lowest BCUT2D eigenvalue weighted by atomic mass is 9.95. The molecule has 1 unspecified atom stereocenters. The van der Waals surface area contributed by atoms with Crippen molar-refractivity contribution in [3.05, 3.63) is 35.9 Å². The molecule has 2 aliphatic heterocycles. The lowest BCUT2D eigenvalue weighted by Gasteiger charge is -2.44. The van der Waals surface area contributed by atoms with Gasteiger partial charge in [0, 0.05) is 18.7 Å². The highest BCUT2D eigenvalue weighted by molar-refractivity contribution is 8.01. The summed E-state index contributed by atoms with van der Waals surface area (Å²) in [5.74, 6) is 4.39. The van der Waals surface area contributed by atoms with Crippen LogP contribution in [-0.4, -0.2) is 76.0 Å². The third kappa shape index (κ3) is 5.13. The Labute approximate surface area is 202 Å². The minimum absolute atomic E-state index is 0.119. The first kappa shape index (κ1) is 25.8. The minimum atomic E-state index is -1.19. The molecule has 2 aliphatic rings. The molecular formula is C22H30N4O7S. The number of fused-ring (bicyclic) bond motifs is 1. The lowest BCUT2D eigenvalue weighted by Crippen LogP contribution is -2.71. The van der Waals surface area contributed by atoms with Gasteiger partial charge < -0.3 is 24.4 Å². The van der Waals surface area contributed by atoms with Crippen molar-refractivity contribution in [3.63, 3.8) is 0 Å². The van der Waals surface area contributed by atoms with Crippen LogP contribution in [0.15, 0.2) is 30.3 Å². The number of likely N-dealkylation sites (N-methyl/N-ethyl adjacent to an activating group) is 1. The predicted octanol–water partition coefficient (Wildman–Crippen LogP) is 1.14. The molecule has 2 heterocycles. The molecular weight excluding hydrogens is 464 g/mol. The number of β-lactam (4-membered cyclic amide) rings is 1. The summed E-state index contributed by atoms with van der Waals surface area (Å²) in [5.41, 5.74) is 0.685. The summed E-state index contributed by atoms with van der Waals surface area (Å²) in [5, 5.41) is 3.61. The summed E-state index contributed by atoms with van der Waals surface area (Å²) in [6, 6.07) is 6.47. The Bertz CT molecular complexity index is 942. The van der Waals surface area contributed by atoms with Crippen LogP contribution in [0.5, 0.6) is 0 Å². The number of carbonyl (C=O) groups is 4. The number of rotatable bonds is 8. The average molecular weight is 495 g/mol. The molecule has 3 N–H and O–H groups in total. The number of carbonyl (C=O) groups excluding carboxylic acids is 4. The normalized spacial score (nSPS) is 24.5. The van der Waals surface area contributed by atoms with Crippen molar-refractivity contribution in [1.82, 2.24) is 15.2 Å². The van der Waals surface area contributed by atoms with Gasteiger partial charge in [0.1, 0.15) is 23.5 Å². The first-order valence-electron chi connectivity index (χ1n) is 10.8. The molecule has 186 valence electrons. The van der Waals surface area contributed by atoms with Gasteiger partial charge in [-0.25, -0.2) is 14.6 Å². The second-order valence-electron chi connectivity index (χ2n) is 8.53. The summed E-state index contributed by atoms with van der Waals surface area (Å²) < 4.78 is 14.1. The van der Waals surface area contributed by atoms with Crippen LogP contribution < -0.4 is 11.2 Å². The van der Waals surface area contributed by atoms with Crippen LogP contribution in [0.25, 0.3) is 0 Å². The molecule has 3 rings (SSSR count). The van der Waals surface area contributed by atoms with Gasteiger partial charge in [-0.1, -0.05) is 30.3 Å². The van der Waals surface area contributed by atoms with Crippen molar-refractivity contribution in [3.8, 4) is 0 Å². The lowest BCUT2D eigenvalue weighted by molar-refractivity contribution is -0.180. The van der Waals surface area contributed by atoms with Gasteiger partial charge in [-0.05, 0) is 26.3 Å². The second kappa shape index (κ2) is 10.2. The van der Waals surface area contributed by atoms with Crippen molar-refractivity contribution >= 4 is 35.7 Å². The Morgan fingerprint density at radius 3 is 2.47 bits per heavy atom. The predicted molar refractivity (Wildman–Crippen MR) is 123 cm³/mol. The molecule has 2 fully saturated rings. The number of amides is 2. The average Bonchev–Trinajstić information content (AvgIpc) is 3.00. The van der Waals surface area contributed by atoms with E-state index in [9.17, 15) is 19.2 Å². The van der Waals surface area contributed by atoms with Gasteiger partial charge in [0.05, 0.1) is 6.61 Å². The first-order chi connectivity index (χ1) is 16.0. The maximum absolute atomic E-state index is 13.0. The van der Waals surface area contributed by atoms with Gasteiger partial charge in [0.25, 0.3) is 0 Å². The summed E-state index contributed by atoms with van der Waals surface area (Å²) >= 11 is 1.39. The van der Waals surface area contributed by atoms with E-state index in [0.29, 0.717) is 5.56 Å². The Balaban J connectivity index is 1.68. The van der Waals surface area contributed by atoms with Crippen LogP contribution >= 0.6 is 11.8 Å². The van der Waals surface area contributed by atoms with Gasteiger partial charge in [-0.2, -0.15) is 0 Å². The highest BCUT2D eigenvalue weighted by Crippen LogP contribution is 2.51. The van der Waals surface area contributed by atoms with E-state index in [2.05, 4.69) is 10.1 Å². The maximum atomic E-state index is 13.0. The number of nitrogens with zero attached hydrogens (tertiary/aromatic N) is 2. The van der Waals surface area contributed by atoms with E-state index in [1.165, 1.54) is 28.6 Å². The Kier molecular flexibility index (Phi) is 7.74. The van der Waals surface area contributed by atoms with Crippen molar-refractivity contribution in [2.45, 2.75) is 62.2 Å². The Morgan fingerprint density at radius 2 is 1.88 bits per heavy atom. The van der Waals surface area contributed by atoms with Crippen molar-refractivity contribution < 1.29 is 33.4 Å². The van der Waals surface area contributed by atoms with Crippen LogP contribution in [-0.2, 0) is 28.6 Å². The third-order valence-corrected chi connectivity index (χ3v) is 7.11. The number of nitrogens with two attached hydrogens (primary N) is 1. The minimum Gasteiger partial charge on any atom is -0.435 e. The molecule has 0 spiro atoms. The number of thioether (sulfide) groups is 1. The summed E-state index contributed by atoms with van der Waals surface area (Å²) in [4.78, 5) is 51.8. The second-order valence-corrected chi connectivity index (χ2v) is 10.3. The first-order valence-corrected chi connectivity index (χ1v) is 11.7. The van der Waals surface area contributed by atoms with Crippen molar-refractivity contribution in [2.24, 2.45) is 5.84 Å². The van der Waals surface area contributed by atoms with Crippen LogP contribution in [0.1, 0.15) is 39.3 Å². The zero-order valence-electron chi connectivity index (χ0n) is 19.7. The van der Waals surface area contributed by atoms with E-state index in [1.54, 1.807) is 38.2 Å². The molecule has 0 radical (unpaired) electrons. The molecule has 5 atom stereocenters. The van der Waals surface area contributed by atoms with Crippen molar-refractivity contribution in [1.29, 1.82) is 0 Å².